The average Bonchev–Trinajstić information content (AvgIpc) is 2.69. The molecule has 0 amide bonds. The Kier molecular flexibility index (Phi) is 6.56. The quantitative estimate of drug-likeness (QED) is 0.269. The predicted molar refractivity (Wildman–Crippen MR) is 118 cm³/mol. The molecule has 8 nitrogen and oxygen atoms in total. The lowest BCUT2D eigenvalue weighted by molar-refractivity contribution is 0.0515. The molecule has 0 fully saturated rings. The molecule has 0 atom stereocenters. The molecule has 0 saturated carbocycles. The first-order valence-corrected chi connectivity index (χ1v) is 11.3. The highest BCUT2D eigenvalue weighted by Gasteiger charge is 2.25. The highest BCUT2D eigenvalue weighted by molar-refractivity contribution is 14.1. The first kappa shape index (κ1) is 22.0. The van der Waals surface area contributed by atoms with Crippen molar-refractivity contribution in [3.05, 3.63) is 79.8 Å². The summed E-state index contributed by atoms with van der Waals surface area (Å²) in [6.45, 7) is 3.51. The molecule has 1 heterocycles. The van der Waals surface area contributed by atoms with Crippen LogP contribution in [0, 0.1) is 10.5 Å². The van der Waals surface area contributed by atoms with Crippen LogP contribution in [0.5, 0.6) is 5.75 Å². The van der Waals surface area contributed by atoms with E-state index in [0.29, 0.717) is 5.69 Å². The van der Waals surface area contributed by atoms with Crippen LogP contribution in [0.15, 0.2) is 64.3 Å². The minimum Gasteiger partial charge on any atom is -0.461 e. The minimum atomic E-state index is -4.30. The Balaban J connectivity index is 2.10. The zero-order valence-corrected chi connectivity index (χ0v) is 19.0. The van der Waals surface area contributed by atoms with Gasteiger partial charge in [0, 0.05) is 3.57 Å². The van der Waals surface area contributed by atoms with Gasteiger partial charge in [0.1, 0.15) is 4.90 Å². The number of benzene rings is 2. The first-order chi connectivity index (χ1) is 14.2. The standard InChI is InChI=1S/C20H17IN2O6S/c1-3-28-20(25)19-17(29-30(26,27)16-10-6-14(21)7-11-16)12-18(24)23(22-19)15-8-4-13(2)5-9-15/h4-12H,3H2,1-2H3. The molecule has 1 aromatic heterocycles. The SMILES string of the molecule is CCOC(=O)c1nn(-c2ccc(C)cc2)c(=O)cc1OS(=O)(=O)c1ccc(I)cc1. The largest absolute Gasteiger partial charge is 0.461 e. The van der Waals surface area contributed by atoms with Crippen molar-refractivity contribution in [3.8, 4) is 11.4 Å². The number of carbonyl (C=O) groups is 1. The normalized spacial score (nSPS) is 11.2. The van der Waals surface area contributed by atoms with E-state index >= 15 is 0 Å². The summed E-state index contributed by atoms with van der Waals surface area (Å²) in [6, 6.07) is 13.7. The summed E-state index contributed by atoms with van der Waals surface area (Å²) < 4.78 is 37.2. The summed E-state index contributed by atoms with van der Waals surface area (Å²) in [5.41, 5.74) is 0.287. The van der Waals surface area contributed by atoms with Crippen molar-refractivity contribution < 1.29 is 22.1 Å². The van der Waals surface area contributed by atoms with Crippen molar-refractivity contribution in [2.75, 3.05) is 6.61 Å². The molecule has 2 aromatic carbocycles. The van der Waals surface area contributed by atoms with Gasteiger partial charge in [-0.2, -0.15) is 18.2 Å². The van der Waals surface area contributed by atoms with Gasteiger partial charge in [-0.3, -0.25) is 4.79 Å². The number of hydrogen-bond acceptors (Lipinski definition) is 7. The second kappa shape index (κ2) is 8.96. The number of halogens is 1. The molecule has 0 aliphatic carbocycles. The number of aryl methyl sites for hydroxylation is 1. The molecule has 3 rings (SSSR count). The van der Waals surface area contributed by atoms with Gasteiger partial charge >= 0.3 is 16.1 Å². The van der Waals surface area contributed by atoms with E-state index in [2.05, 4.69) is 5.10 Å². The first-order valence-electron chi connectivity index (χ1n) is 8.80. The van der Waals surface area contributed by atoms with Crippen molar-refractivity contribution in [2.24, 2.45) is 0 Å². The fraction of sp³-hybridized carbons (Fsp3) is 0.150. The lowest BCUT2D eigenvalue weighted by atomic mass is 10.2. The van der Waals surface area contributed by atoms with Gasteiger partial charge in [-0.05, 0) is 72.8 Å². The van der Waals surface area contributed by atoms with Crippen molar-refractivity contribution >= 4 is 38.7 Å². The third-order valence-corrected chi connectivity index (χ3v) is 5.91. The van der Waals surface area contributed by atoms with Crippen molar-refractivity contribution in [1.82, 2.24) is 9.78 Å². The summed E-state index contributed by atoms with van der Waals surface area (Å²) in [5, 5.41) is 4.02. The van der Waals surface area contributed by atoms with Gasteiger partial charge in [-0.25, -0.2) is 4.79 Å². The van der Waals surface area contributed by atoms with E-state index < -0.39 is 33.1 Å². The van der Waals surface area contributed by atoms with E-state index in [1.165, 1.54) is 12.1 Å². The third kappa shape index (κ3) is 4.87. The molecule has 0 bridgehead atoms. The molecular formula is C20H17IN2O6S. The minimum absolute atomic E-state index is 0.0352. The third-order valence-electron chi connectivity index (χ3n) is 3.95. The molecule has 0 N–H and O–H groups in total. The monoisotopic (exact) mass is 540 g/mol. The van der Waals surface area contributed by atoms with Gasteiger partial charge in [0.15, 0.2) is 5.75 Å². The van der Waals surface area contributed by atoms with Crippen LogP contribution < -0.4 is 9.74 Å². The number of rotatable bonds is 6. The van der Waals surface area contributed by atoms with Crippen molar-refractivity contribution in [1.29, 1.82) is 0 Å². The Morgan fingerprint density at radius 2 is 1.73 bits per heavy atom. The Morgan fingerprint density at radius 3 is 2.33 bits per heavy atom. The van der Waals surface area contributed by atoms with E-state index in [-0.39, 0.29) is 11.5 Å². The van der Waals surface area contributed by atoms with Gasteiger partial charge in [0.05, 0.1) is 18.4 Å². The van der Waals surface area contributed by atoms with Gasteiger partial charge in [0.25, 0.3) is 5.56 Å². The number of esters is 1. The van der Waals surface area contributed by atoms with Crippen LogP contribution in [0.4, 0.5) is 0 Å². The van der Waals surface area contributed by atoms with E-state index in [4.69, 9.17) is 8.92 Å². The zero-order chi connectivity index (χ0) is 21.9. The van der Waals surface area contributed by atoms with Gasteiger partial charge < -0.3 is 8.92 Å². The van der Waals surface area contributed by atoms with Crippen LogP contribution in [0.3, 0.4) is 0 Å². The molecule has 0 radical (unpaired) electrons. The van der Waals surface area contributed by atoms with Crippen LogP contribution in [0.2, 0.25) is 0 Å². The lowest BCUT2D eigenvalue weighted by Gasteiger charge is -2.12. The Hall–Kier alpha value is -2.73. The van der Waals surface area contributed by atoms with Crippen molar-refractivity contribution in [3.63, 3.8) is 0 Å². The molecule has 0 saturated heterocycles. The highest BCUT2D eigenvalue weighted by atomic mass is 127. The summed E-state index contributed by atoms with van der Waals surface area (Å²) in [4.78, 5) is 24.9. The Morgan fingerprint density at radius 1 is 1.10 bits per heavy atom. The second-order valence-corrected chi connectivity index (χ2v) is 8.95. The number of hydrogen-bond donors (Lipinski definition) is 0. The van der Waals surface area contributed by atoms with Crippen molar-refractivity contribution in [2.45, 2.75) is 18.7 Å². The maximum absolute atomic E-state index is 12.6. The molecule has 0 spiro atoms. The fourth-order valence-electron chi connectivity index (χ4n) is 2.48. The molecule has 0 aliphatic rings. The van der Waals surface area contributed by atoms with Crippen LogP contribution in [0.25, 0.3) is 5.69 Å². The fourth-order valence-corrected chi connectivity index (χ4v) is 3.77. The molecule has 0 unspecified atom stereocenters. The summed E-state index contributed by atoms with van der Waals surface area (Å²) in [5.74, 6) is -1.41. The number of carbonyl (C=O) groups excluding carboxylic acids is 1. The lowest BCUT2D eigenvalue weighted by Crippen LogP contribution is -2.26. The zero-order valence-electron chi connectivity index (χ0n) is 16.0. The molecule has 0 aliphatic heterocycles. The van der Waals surface area contributed by atoms with Crippen LogP contribution >= 0.6 is 22.6 Å². The molecule has 156 valence electrons. The molecule has 10 heteroatoms. The number of aromatic nitrogens is 2. The summed E-state index contributed by atoms with van der Waals surface area (Å²) >= 11 is 2.04. The number of nitrogens with zero attached hydrogens (tertiary/aromatic N) is 2. The van der Waals surface area contributed by atoms with E-state index in [0.717, 1.165) is 19.9 Å². The summed E-state index contributed by atoms with van der Waals surface area (Å²) in [6.07, 6.45) is 0. The van der Waals surface area contributed by atoms with E-state index in [1.54, 1.807) is 43.3 Å². The molecule has 30 heavy (non-hydrogen) atoms. The van der Waals surface area contributed by atoms with Crippen LogP contribution in [0.1, 0.15) is 23.0 Å². The van der Waals surface area contributed by atoms with E-state index in [9.17, 15) is 18.0 Å². The highest BCUT2D eigenvalue weighted by Crippen LogP contribution is 2.22. The molecular weight excluding hydrogens is 523 g/mol. The maximum Gasteiger partial charge on any atom is 0.362 e. The predicted octanol–water partition coefficient (Wildman–Crippen LogP) is 3.09. The van der Waals surface area contributed by atoms with Crippen LogP contribution in [-0.2, 0) is 14.9 Å². The van der Waals surface area contributed by atoms with Crippen LogP contribution in [-0.4, -0.2) is 30.8 Å². The average molecular weight is 540 g/mol. The van der Waals surface area contributed by atoms with Gasteiger partial charge in [-0.1, -0.05) is 17.7 Å². The summed E-state index contributed by atoms with van der Waals surface area (Å²) in [7, 11) is -4.30. The Bertz CT molecular complexity index is 1240. The van der Waals surface area contributed by atoms with Gasteiger partial charge in [-0.15, -0.1) is 0 Å². The second-order valence-electron chi connectivity index (χ2n) is 6.15. The maximum atomic E-state index is 12.6. The molecule has 3 aromatic rings. The topological polar surface area (TPSA) is 105 Å². The number of ether oxygens (including phenoxy) is 1. The van der Waals surface area contributed by atoms with E-state index in [1.807, 2.05) is 29.5 Å². The Labute approximate surface area is 186 Å². The van der Waals surface area contributed by atoms with Gasteiger partial charge in [0.2, 0.25) is 5.69 Å². The smallest absolute Gasteiger partial charge is 0.362 e.